The molecule has 0 aromatic heterocycles. The molecule has 0 aliphatic heterocycles. The highest BCUT2D eigenvalue weighted by Crippen LogP contribution is 2.19. The summed E-state index contributed by atoms with van der Waals surface area (Å²) in [6.07, 6.45) is 1.87. The van der Waals surface area contributed by atoms with E-state index in [1.54, 1.807) is 6.07 Å². The number of nitriles is 1. The zero-order chi connectivity index (χ0) is 12.8. The summed E-state index contributed by atoms with van der Waals surface area (Å²) in [5, 5.41) is 12.2. The summed E-state index contributed by atoms with van der Waals surface area (Å²) in [5.41, 5.74) is 0.351. The Balaban J connectivity index is 2.79. The topological polar surface area (TPSA) is 52.9 Å². The third-order valence-corrected chi connectivity index (χ3v) is 3.02. The van der Waals surface area contributed by atoms with Crippen LogP contribution >= 0.6 is 35.0 Å². The molecule has 17 heavy (non-hydrogen) atoms. The molecule has 1 N–H and O–H groups in total. The van der Waals surface area contributed by atoms with E-state index in [2.05, 4.69) is 5.32 Å². The third kappa shape index (κ3) is 4.47. The van der Waals surface area contributed by atoms with Crippen molar-refractivity contribution < 1.29 is 4.79 Å². The number of amides is 1. The molecule has 0 saturated heterocycles. The van der Waals surface area contributed by atoms with Crippen LogP contribution in [0.2, 0.25) is 10.0 Å². The average molecular weight is 289 g/mol. The highest BCUT2D eigenvalue weighted by Gasteiger charge is 2.13. The van der Waals surface area contributed by atoms with E-state index in [1.165, 1.54) is 23.9 Å². The lowest BCUT2D eigenvalue weighted by atomic mass is 10.2. The summed E-state index contributed by atoms with van der Waals surface area (Å²) in [6, 6.07) is 6.06. The quantitative estimate of drug-likeness (QED) is 0.927. The molecule has 0 bridgehead atoms. The number of carbonyl (C=O) groups excluding carboxylic acids is 1. The van der Waals surface area contributed by atoms with Crippen LogP contribution in [0.15, 0.2) is 18.2 Å². The summed E-state index contributed by atoms with van der Waals surface area (Å²) < 4.78 is 0. The number of nitrogens with zero attached hydrogens (tertiary/aromatic N) is 1. The first-order valence-corrected chi connectivity index (χ1v) is 6.87. The lowest BCUT2D eigenvalue weighted by molar-refractivity contribution is 0.0948. The van der Waals surface area contributed by atoms with Crippen LogP contribution in [0, 0.1) is 11.3 Å². The number of hydrogen-bond acceptors (Lipinski definition) is 3. The Morgan fingerprint density at radius 2 is 2.06 bits per heavy atom. The summed E-state index contributed by atoms with van der Waals surface area (Å²) >= 11 is 13.1. The van der Waals surface area contributed by atoms with Crippen molar-refractivity contribution in [2.75, 3.05) is 12.0 Å². The Kier molecular flexibility index (Phi) is 5.63. The zero-order valence-corrected chi connectivity index (χ0v) is 11.4. The predicted octanol–water partition coefficient (Wildman–Crippen LogP) is 2.98. The minimum Gasteiger partial charge on any atom is -0.335 e. The van der Waals surface area contributed by atoms with Crippen molar-refractivity contribution in [3.8, 4) is 6.07 Å². The maximum atomic E-state index is 11.8. The lowest BCUT2D eigenvalue weighted by Crippen LogP contribution is -2.35. The van der Waals surface area contributed by atoms with Gasteiger partial charge in [0.2, 0.25) is 0 Å². The van der Waals surface area contributed by atoms with Crippen molar-refractivity contribution in [3.63, 3.8) is 0 Å². The molecule has 1 amide bonds. The molecule has 0 heterocycles. The molecule has 1 aromatic rings. The molecule has 90 valence electrons. The standard InChI is InChI=1S/C11H10Cl2N2OS/c1-17-6-10(5-14)15-11(16)7-2-8(12)4-9(13)3-7/h2-4,10H,6H2,1H3,(H,15,16). The van der Waals surface area contributed by atoms with Crippen molar-refractivity contribution >= 4 is 40.9 Å². The molecule has 0 radical (unpaired) electrons. The minimum absolute atomic E-state index is 0.351. The summed E-state index contributed by atoms with van der Waals surface area (Å²) in [6.45, 7) is 0. The van der Waals surface area contributed by atoms with Crippen LogP contribution in [-0.4, -0.2) is 24.0 Å². The highest BCUT2D eigenvalue weighted by molar-refractivity contribution is 7.98. The fraction of sp³-hybridized carbons (Fsp3) is 0.273. The van der Waals surface area contributed by atoms with Crippen molar-refractivity contribution in [2.24, 2.45) is 0 Å². The van der Waals surface area contributed by atoms with Crippen molar-refractivity contribution in [3.05, 3.63) is 33.8 Å². The Labute approximate surface area is 114 Å². The first-order valence-electron chi connectivity index (χ1n) is 4.72. The second-order valence-electron chi connectivity index (χ2n) is 3.27. The second-order valence-corrected chi connectivity index (χ2v) is 5.05. The van der Waals surface area contributed by atoms with Crippen LogP contribution in [0.1, 0.15) is 10.4 Å². The molecule has 0 saturated carbocycles. The van der Waals surface area contributed by atoms with Gasteiger partial charge in [0.1, 0.15) is 6.04 Å². The minimum atomic E-state index is -0.518. The average Bonchev–Trinajstić information content (AvgIpc) is 2.27. The second kappa shape index (κ2) is 6.75. The van der Waals surface area contributed by atoms with Gasteiger partial charge in [-0.05, 0) is 24.5 Å². The van der Waals surface area contributed by atoms with E-state index in [0.29, 0.717) is 21.4 Å². The van der Waals surface area contributed by atoms with E-state index in [-0.39, 0.29) is 5.91 Å². The first kappa shape index (κ1) is 14.2. The fourth-order valence-electron chi connectivity index (χ4n) is 1.20. The largest absolute Gasteiger partial charge is 0.335 e. The van der Waals surface area contributed by atoms with Gasteiger partial charge in [-0.1, -0.05) is 23.2 Å². The van der Waals surface area contributed by atoms with Gasteiger partial charge in [0.25, 0.3) is 5.91 Å². The maximum Gasteiger partial charge on any atom is 0.252 e. The van der Waals surface area contributed by atoms with Crippen molar-refractivity contribution in [1.29, 1.82) is 5.26 Å². The SMILES string of the molecule is CSCC(C#N)NC(=O)c1cc(Cl)cc(Cl)c1. The first-order chi connectivity index (χ1) is 8.06. The van der Waals surface area contributed by atoms with Crippen molar-refractivity contribution in [1.82, 2.24) is 5.32 Å². The van der Waals surface area contributed by atoms with Crippen LogP contribution in [-0.2, 0) is 0 Å². The van der Waals surface area contributed by atoms with E-state index in [9.17, 15) is 4.79 Å². The molecule has 1 unspecified atom stereocenters. The van der Waals surface area contributed by atoms with Gasteiger partial charge in [-0.25, -0.2) is 0 Å². The van der Waals surface area contributed by atoms with E-state index >= 15 is 0 Å². The molecule has 0 aliphatic rings. The van der Waals surface area contributed by atoms with Gasteiger partial charge in [-0.15, -0.1) is 0 Å². The number of thioether (sulfide) groups is 1. The monoisotopic (exact) mass is 288 g/mol. The van der Waals surface area contributed by atoms with E-state index in [4.69, 9.17) is 28.5 Å². The smallest absolute Gasteiger partial charge is 0.252 e. The van der Waals surface area contributed by atoms with Gasteiger partial charge in [0.05, 0.1) is 6.07 Å². The van der Waals surface area contributed by atoms with Gasteiger partial charge >= 0.3 is 0 Å². The van der Waals surface area contributed by atoms with Crippen LogP contribution in [0.5, 0.6) is 0 Å². The molecular weight excluding hydrogens is 279 g/mol. The molecule has 1 rings (SSSR count). The van der Waals surface area contributed by atoms with Gasteiger partial charge in [0.15, 0.2) is 0 Å². The predicted molar refractivity (Wildman–Crippen MR) is 71.7 cm³/mol. The number of hydrogen-bond donors (Lipinski definition) is 1. The van der Waals surface area contributed by atoms with E-state index in [0.717, 1.165) is 0 Å². The summed E-state index contributed by atoms with van der Waals surface area (Å²) in [4.78, 5) is 11.8. The number of halogens is 2. The van der Waals surface area contributed by atoms with Gasteiger partial charge in [0, 0.05) is 21.4 Å². The molecular formula is C11H10Cl2N2OS. The van der Waals surface area contributed by atoms with Gasteiger partial charge < -0.3 is 5.32 Å². The van der Waals surface area contributed by atoms with Crippen LogP contribution < -0.4 is 5.32 Å². The Hall–Kier alpha value is -0.890. The van der Waals surface area contributed by atoms with Crippen LogP contribution in [0.25, 0.3) is 0 Å². The summed E-state index contributed by atoms with van der Waals surface area (Å²) in [7, 11) is 0. The fourth-order valence-corrected chi connectivity index (χ4v) is 2.22. The number of benzene rings is 1. The highest BCUT2D eigenvalue weighted by atomic mass is 35.5. The molecule has 0 spiro atoms. The summed E-state index contributed by atoms with van der Waals surface area (Å²) in [5.74, 6) is 0.186. The third-order valence-electron chi connectivity index (χ3n) is 1.92. The lowest BCUT2D eigenvalue weighted by Gasteiger charge is -2.10. The number of carbonyl (C=O) groups is 1. The molecule has 1 atom stereocenters. The Morgan fingerprint density at radius 3 is 2.53 bits per heavy atom. The van der Waals surface area contributed by atoms with E-state index in [1.807, 2.05) is 12.3 Å². The molecule has 0 aliphatic carbocycles. The van der Waals surface area contributed by atoms with E-state index < -0.39 is 6.04 Å². The number of nitrogens with one attached hydrogen (secondary N) is 1. The molecule has 1 aromatic carbocycles. The van der Waals surface area contributed by atoms with Crippen LogP contribution in [0.4, 0.5) is 0 Å². The maximum absolute atomic E-state index is 11.8. The normalized spacial score (nSPS) is 11.6. The van der Waals surface area contributed by atoms with Crippen molar-refractivity contribution in [2.45, 2.75) is 6.04 Å². The Bertz CT molecular complexity index is 439. The Morgan fingerprint density at radius 1 is 1.47 bits per heavy atom. The number of rotatable bonds is 4. The zero-order valence-electron chi connectivity index (χ0n) is 9.04. The van der Waals surface area contributed by atoms with Gasteiger partial charge in [-0.3, -0.25) is 4.79 Å². The molecule has 3 nitrogen and oxygen atoms in total. The molecule has 0 fully saturated rings. The van der Waals surface area contributed by atoms with Crippen LogP contribution in [0.3, 0.4) is 0 Å². The van der Waals surface area contributed by atoms with Gasteiger partial charge in [-0.2, -0.15) is 17.0 Å². The molecule has 6 heteroatoms.